The van der Waals surface area contributed by atoms with Crippen molar-refractivity contribution in [3.05, 3.63) is 18.1 Å². The summed E-state index contributed by atoms with van der Waals surface area (Å²) in [5.74, 6) is 0.0164. The largest absolute Gasteiger partial charge is 0.382 e. The van der Waals surface area contributed by atoms with Crippen molar-refractivity contribution in [3.8, 4) is 0 Å². The lowest BCUT2D eigenvalue weighted by molar-refractivity contribution is 0.0374. The molecule has 3 N–H and O–H groups in total. The van der Waals surface area contributed by atoms with Gasteiger partial charge >= 0.3 is 0 Å². The number of rotatable bonds is 5. The van der Waals surface area contributed by atoms with Crippen molar-refractivity contribution in [1.82, 2.24) is 20.2 Å². The van der Waals surface area contributed by atoms with E-state index in [1.165, 1.54) is 12.4 Å². The van der Waals surface area contributed by atoms with E-state index < -0.39 is 0 Å². The maximum absolute atomic E-state index is 11.7. The van der Waals surface area contributed by atoms with Gasteiger partial charge in [-0.3, -0.25) is 14.7 Å². The van der Waals surface area contributed by atoms with Crippen molar-refractivity contribution in [1.29, 1.82) is 0 Å². The first kappa shape index (κ1) is 13.7. The Kier molecular flexibility index (Phi) is 5.05. The molecular weight excluding hydrogens is 246 g/mol. The fraction of sp³-hybridized carbons (Fsp3) is 0.583. The molecule has 0 aromatic carbocycles. The quantitative estimate of drug-likeness (QED) is 0.698. The Morgan fingerprint density at radius 1 is 1.42 bits per heavy atom. The second-order valence-electron chi connectivity index (χ2n) is 4.39. The molecule has 0 aliphatic carbocycles. The number of hydrogen-bond acceptors (Lipinski definition) is 6. The molecule has 0 radical (unpaired) electrons. The number of nitrogens with one attached hydrogen (secondary N) is 1. The van der Waals surface area contributed by atoms with E-state index in [4.69, 9.17) is 10.5 Å². The Balaban J connectivity index is 1.66. The Hall–Kier alpha value is -1.73. The lowest BCUT2D eigenvalue weighted by atomic mass is 10.3. The average molecular weight is 265 g/mol. The maximum Gasteiger partial charge on any atom is 0.271 e. The van der Waals surface area contributed by atoms with Crippen LogP contribution in [0, 0.1) is 0 Å². The fourth-order valence-corrected chi connectivity index (χ4v) is 1.91. The van der Waals surface area contributed by atoms with Gasteiger partial charge < -0.3 is 15.8 Å². The standard InChI is InChI=1S/C12H19N5O2/c13-11-9-14-8-10(16-11)12(18)15-2-1-3-17-4-6-19-7-5-17/h8-9H,1-7H2,(H2,13,16)(H,15,18). The van der Waals surface area contributed by atoms with Crippen LogP contribution in [0.4, 0.5) is 5.82 Å². The molecule has 2 rings (SSSR count). The number of morpholine rings is 1. The number of nitrogen functional groups attached to an aromatic ring is 1. The molecule has 1 amide bonds. The van der Waals surface area contributed by atoms with E-state index in [2.05, 4.69) is 20.2 Å². The van der Waals surface area contributed by atoms with Crippen LogP contribution in [-0.4, -0.2) is 60.2 Å². The van der Waals surface area contributed by atoms with Gasteiger partial charge in [-0.25, -0.2) is 4.98 Å². The van der Waals surface area contributed by atoms with E-state index in [0.717, 1.165) is 39.3 Å². The van der Waals surface area contributed by atoms with Crippen LogP contribution in [0.1, 0.15) is 16.9 Å². The minimum Gasteiger partial charge on any atom is -0.382 e. The molecule has 1 aromatic rings. The summed E-state index contributed by atoms with van der Waals surface area (Å²) < 4.78 is 5.27. The third kappa shape index (κ3) is 4.46. The first-order chi connectivity index (χ1) is 9.25. The SMILES string of the molecule is Nc1cncc(C(=O)NCCCN2CCOCC2)n1. The molecule has 1 aromatic heterocycles. The van der Waals surface area contributed by atoms with Crippen molar-refractivity contribution in [2.45, 2.75) is 6.42 Å². The first-order valence-electron chi connectivity index (χ1n) is 6.41. The Morgan fingerprint density at radius 3 is 2.95 bits per heavy atom. The molecule has 7 nitrogen and oxygen atoms in total. The van der Waals surface area contributed by atoms with Crippen molar-refractivity contribution in [2.75, 3.05) is 45.1 Å². The summed E-state index contributed by atoms with van der Waals surface area (Å²) in [7, 11) is 0. The van der Waals surface area contributed by atoms with Gasteiger partial charge in [0.1, 0.15) is 11.5 Å². The lowest BCUT2D eigenvalue weighted by Gasteiger charge is -2.26. The first-order valence-corrected chi connectivity index (χ1v) is 6.41. The molecule has 2 heterocycles. The summed E-state index contributed by atoms with van der Waals surface area (Å²) in [5, 5.41) is 2.81. The smallest absolute Gasteiger partial charge is 0.271 e. The topological polar surface area (TPSA) is 93.4 Å². The zero-order valence-corrected chi connectivity index (χ0v) is 10.8. The summed E-state index contributed by atoms with van der Waals surface area (Å²) in [5.41, 5.74) is 5.73. The Labute approximate surface area is 112 Å². The molecule has 1 aliphatic heterocycles. The van der Waals surface area contributed by atoms with Gasteiger partial charge in [-0.2, -0.15) is 0 Å². The molecule has 0 saturated carbocycles. The van der Waals surface area contributed by atoms with Crippen molar-refractivity contribution in [3.63, 3.8) is 0 Å². The normalized spacial score (nSPS) is 16.2. The van der Waals surface area contributed by atoms with Crippen LogP contribution in [0.3, 0.4) is 0 Å². The van der Waals surface area contributed by atoms with Gasteiger partial charge in [0.05, 0.1) is 25.6 Å². The molecule has 0 spiro atoms. The van der Waals surface area contributed by atoms with Crippen LogP contribution < -0.4 is 11.1 Å². The predicted octanol–water partition coefficient (Wildman–Crippen LogP) is -0.489. The highest BCUT2D eigenvalue weighted by atomic mass is 16.5. The number of nitrogens with two attached hydrogens (primary N) is 1. The number of nitrogens with zero attached hydrogens (tertiary/aromatic N) is 3. The molecule has 104 valence electrons. The third-order valence-corrected chi connectivity index (χ3v) is 2.93. The van der Waals surface area contributed by atoms with E-state index in [9.17, 15) is 4.79 Å². The second kappa shape index (κ2) is 7.01. The highest BCUT2D eigenvalue weighted by Crippen LogP contribution is 1.99. The molecule has 0 bridgehead atoms. The molecule has 0 unspecified atom stereocenters. The summed E-state index contributed by atoms with van der Waals surface area (Å²) in [6, 6.07) is 0. The minimum absolute atomic E-state index is 0.234. The van der Waals surface area contributed by atoms with Gasteiger partial charge in [0, 0.05) is 19.6 Å². The fourth-order valence-electron chi connectivity index (χ4n) is 1.91. The van der Waals surface area contributed by atoms with Gasteiger partial charge in [-0.15, -0.1) is 0 Å². The Morgan fingerprint density at radius 2 is 2.21 bits per heavy atom. The maximum atomic E-state index is 11.7. The van der Waals surface area contributed by atoms with E-state index in [-0.39, 0.29) is 17.4 Å². The lowest BCUT2D eigenvalue weighted by Crippen LogP contribution is -2.38. The van der Waals surface area contributed by atoms with Gasteiger partial charge in [0.2, 0.25) is 0 Å². The van der Waals surface area contributed by atoms with Crippen LogP contribution >= 0.6 is 0 Å². The molecule has 1 fully saturated rings. The van der Waals surface area contributed by atoms with E-state index in [1.807, 2.05) is 0 Å². The second-order valence-corrected chi connectivity index (χ2v) is 4.39. The highest BCUT2D eigenvalue weighted by Gasteiger charge is 2.10. The summed E-state index contributed by atoms with van der Waals surface area (Å²) in [6.07, 6.45) is 3.73. The third-order valence-electron chi connectivity index (χ3n) is 2.93. The van der Waals surface area contributed by atoms with Gasteiger partial charge in [-0.1, -0.05) is 0 Å². The minimum atomic E-state index is -0.234. The van der Waals surface area contributed by atoms with Gasteiger partial charge in [0.25, 0.3) is 5.91 Å². The van der Waals surface area contributed by atoms with Crippen LogP contribution in [0.5, 0.6) is 0 Å². The van der Waals surface area contributed by atoms with Crippen LogP contribution in [-0.2, 0) is 4.74 Å². The molecule has 1 aliphatic rings. The number of hydrogen-bond donors (Lipinski definition) is 2. The number of carbonyl (C=O) groups is 1. The van der Waals surface area contributed by atoms with Gasteiger partial charge in [0.15, 0.2) is 0 Å². The summed E-state index contributed by atoms with van der Waals surface area (Å²) in [6.45, 7) is 5.11. The zero-order valence-electron chi connectivity index (χ0n) is 10.8. The van der Waals surface area contributed by atoms with Crippen molar-refractivity contribution < 1.29 is 9.53 Å². The van der Waals surface area contributed by atoms with Crippen LogP contribution in [0.25, 0.3) is 0 Å². The molecule has 1 saturated heterocycles. The van der Waals surface area contributed by atoms with Crippen molar-refractivity contribution in [2.24, 2.45) is 0 Å². The van der Waals surface area contributed by atoms with Crippen LogP contribution in [0.15, 0.2) is 12.4 Å². The number of aromatic nitrogens is 2. The van der Waals surface area contributed by atoms with E-state index in [0.29, 0.717) is 6.54 Å². The average Bonchev–Trinajstić information content (AvgIpc) is 2.44. The summed E-state index contributed by atoms with van der Waals surface area (Å²) in [4.78, 5) is 21.8. The molecular formula is C12H19N5O2. The monoisotopic (exact) mass is 265 g/mol. The van der Waals surface area contributed by atoms with Crippen molar-refractivity contribution >= 4 is 11.7 Å². The molecule has 7 heteroatoms. The number of ether oxygens (including phenoxy) is 1. The van der Waals surface area contributed by atoms with Crippen LogP contribution in [0.2, 0.25) is 0 Å². The van der Waals surface area contributed by atoms with E-state index in [1.54, 1.807) is 0 Å². The summed E-state index contributed by atoms with van der Waals surface area (Å²) >= 11 is 0. The van der Waals surface area contributed by atoms with Gasteiger partial charge in [-0.05, 0) is 13.0 Å². The zero-order chi connectivity index (χ0) is 13.5. The van der Waals surface area contributed by atoms with E-state index >= 15 is 0 Å². The number of carbonyl (C=O) groups excluding carboxylic acids is 1. The molecule has 0 atom stereocenters. The highest BCUT2D eigenvalue weighted by molar-refractivity contribution is 5.92. The predicted molar refractivity (Wildman–Crippen MR) is 70.7 cm³/mol. The number of anilines is 1. The molecule has 19 heavy (non-hydrogen) atoms. The number of amides is 1. The Bertz CT molecular complexity index is 420.